The molecule has 1 aliphatic carbocycles. The van der Waals surface area contributed by atoms with E-state index in [0.29, 0.717) is 6.04 Å². The van der Waals surface area contributed by atoms with E-state index in [-0.39, 0.29) is 17.9 Å². The third-order valence-electron chi connectivity index (χ3n) is 5.87. The van der Waals surface area contributed by atoms with Crippen molar-refractivity contribution in [2.45, 2.75) is 70.0 Å². The number of nitrogens with zero attached hydrogens (tertiary/aromatic N) is 1. The largest absolute Gasteiger partial charge is 0.350 e. The molecule has 5 nitrogen and oxygen atoms in total. The predicted octanol–water partition coefficient (Wildman–Crippen LogP) is 3.12. The maximum absolute atomic E-state index is 12.5. The van der Waals surface area contributed by atoms with Crippen molar-refractivity contribution in [3.63, 3.8) is 0 Å². The SMILES string of the molecule is CC(NC(=O)/C=C/c1ccccc1)C(=O)NC1CCCN(C2CCCCC2)C1. The number of carbonyl (C=O) groups is 2. The predicted molar refractivity (Wildman–Crippen MR) is 113 cm³/mol. The van der Waals surface area contributed by atoms with Gasteiger partial charge in [-0.3, -0.25) is 14.5 Å². The van der Waals surface area contributed by atoms with E-state index in [1.165, 1.54) is 38.2 Å². The summed E-state index contributed by atoms with van der Waals surface area (Å²) < 4.78 is 0. The van der Waals surface area contributed by atoms with Gasteiger partial charge in [-0.05, 0) is 50.8 Å². The van der Waals surface area contributed by atoms with Gasteiger partial charge in [-0.1, -0.05) is 49.6 Å². The summed E-state index contributed by atoms with van der Waals surface area (Å²) in [6.07, 6.45) is 12.0. The minimum absolute atomic E-state index is 0.100. The molecular formula is C23H33N3O2. The van der Waals surface area contributed by atoms with E-state index >= 15 is 0 Å². The fraction of sp³-hybridized carbons (Fsp3) is 0.565. The lowest BCUT2D eigenvalue weighted by Crippen LogP contribution is -2.54. The average molecular weight is 384 g/mol. The molecule has 2 N–H and O–H groups in total. The van der Waals surface area contributed by atoms with Crippen LogP contribution in [0.25, 0.3) is 6.08 Å². The average Bonchev–Trinajstić information content (AvgIpc) is 2.74. The number of piperidine rings is 1. The minimum atomic E-state index is -0.544. The van der Waals surface area contributed by atoms with E-state index in [0.717, 1.165) is 31.5 Å². The van der Waals surface area contributed by atoms with Crippen LogP contribution in [0.1, 0.15) is 57.4 Å². The van der Waals surface area contributed by atoms with Gasteiger partial charge < -0.3 is 10.6 Å². The van der Waals surface area contributed by atoms with Gasteiger partial charge in [-0.15, -0.1) is 0 Å². The van der Waals surface area contributed by atoms with Crippen LogP contribution in [0.15, 0.2) is 36.4 Å². The molecule has 2 unspecified atom stereocenters. The second kappa shape index (κ2) is 10.4. The Morgan fingerprint density at radius 2 is 1.82 bits per heavy atom. The minimum Gasteiger partial charge on any atom is -0.350 e. The van der Waals surface area contributed by atoms with Gasteiger partial charge in [0.2, 0.25) is 11.8 Å². The second-order valence-corrected chi connectivity index (χ2v) is 8.11. The summed E-state index contributed by atoms with van der Waals surface area (Å²) in [6, 6.07) is 9.98. The molecule has 1 saturated carbocycles. The van der Waals surface area contributed by atoms with Crippen molar-refractivity contribution in [1.82, 2.24) is 15.5 Å². The van der Waals surface area contributed by atoms with Crippen molar-refractivity contribution >= 4 is 17.9 Å². The third-order valence-corrected chi connectivity index (χ3v) is 5.87. The van der Waals surface area contributed by atoms with Gasteiger partial charge in [-0.25, -0.2) is 0 Å². The maximum atomic E-state index is 12.5. The first-order chi connectivity index (χ1) is 13.6. The van der Waals surface area contributed by atoms with E-state index in [2.05, 4.69) is 15.5 Å². The van der Waals surface area contributed by atoms with E-state index in [9.17, 15) is 9.59 Å². The molecule has 152 valence electrons. The van der Waals surface area contributed by atoms with Crippen molar-refractivity contribution in [3.05, 3.63) is 42.0 Å². The van der Waals surface area contributed by atoms with Crippen molar-refractivity contribution < 1.29 is 9.59 Å². The number of nitrogens with one attached hydrogen (secondary N) is 2. The molecule has 1 aromatic rings. The highest BCUT2D eigenvalue weighted by atomic mass is 16.2. The van der Waals surface area contributed by atoms with Crippen molar-refractivity contribution in [2.24, 2.45) is 0 Å². The molecule has 0 aromatic heterocycles. The van der Waals surface area contributed by atoms with Crippen LogP contribution >= 0.6 is 0 Å². The molecule has 2 fully saturated rings. The van der Waals surface area contributed by atoms with Crippen LogP contribution in [0.4, 0.5) is 0 Å². The molecule has 1 aliphatic heterocycles. The molecule has 1 heterocycles. The molecule has 2 atom stereocenters. The Balaban J connectivity index is 1.44. The van der Waals surface area contributed by atoms with Gasteiger partial charge in [0, 0.05) is 24.7 Å². The van der Waals surface area contributed by atoms with Gasteiger partial charge in [0.05, 0.1) is 0 Å². The van der Waals surface area contributed by atoms with E-state index in [1.54, 1.807) is 13.0 Å². The van der Waals surface area contributed by atoms with Crippen LogP contribution in [0, 0.1) is 0 Å². The van der Waals surface area contributed by atoms with Crippen LogP contribution < -0.4 is 10.6 Å². The number of likely N-dealkylation sites (tertiary alicyclic amines) is 1. The second-order valence-electron chi connectivity index (χ2n) is 8.11. The molecule has 1 saturated heterocycles. The molecule has 0 bridgehead atoms. The summed E-state index contributed by atoms with van der Waals surface area (Å²) >= 11 is 0. The Bertz CT molecular complexity index is 668. The lowest BCUT2D eigenvalue weighted by atomic mass is 9.92. The normalized spacial score (nSPS) is 22.7. The lowest BCUT2D eigenvalue weighted by Gasteiger charge is -2.40. The summed E-state index contributed by atoms with van der Waals surface area (Å²) in [5.41, 5.74) is 0.958. The highest BCUT2D eigenvalue weighted by molar-refractivity contribution is 5.95. The van der Waals surface area contributed by atoms with Gasteiger partial charge in [0.15, 0.2) is 0 Å². The molecule has 0 radical (unpaired) electrons. The number of hydrogen-bond donors (Lipinski definition) is 2. The first kappa shape index (κ1) is 20.6. The molecular weight excluding hydrogens is 350 g/mol. The van der Waals surface area contributed by atoms with Crippen LogP contribution in [0.2, 0.25) is 0 Å². The van der Waals surface area contributed by atoms with Gasteiger partial charge in [0.25, 0.3) is 0 Å². The Hall–Kier alpha value is -2.14. The Morgan fingerprint density at radius 1 is 1.07 bits per heavy atom. The molecule has 1 aromatic carbocycles. The first-order valence-corrected chi connectivity index (χ1v) is 10.7. The number of benzene rings is 1. The molecule has 5 heteroatoms. The smallest absolute Gasteiger partial charge is 0.244 e. The summed E-state index contributed by atoms with van der Waals surface area (Å²) in [4.78, 5) is 27.2. The van der Waals surface area contributed by atoms with Crippen LogP contribution in [-0.2, 0) is 9.59 Å². The first-order valence-electron chi connectivity index (χ1n) is 10.7. The summed E-state index contributed by atoms with van der Waals surface area (Å²) in [7, 11) is 0. The zero-order valence-corrected chi connectivity index (χ0v) is 16.9. The quantitative estimate of drug-likeness (QED) is 0.742. The Morgan fingerprint density at radius 3 is 2.57 bits per heavy atom. The fourth-order valence-corrected chi connectivity index (χ4v) is 4.29. The summed E-state index contributed by atoms with van der Waals surface area (Å²) in [6.45, 7) is 3.82. The standard InChI is InChI=1S/C23H33N3O2/c1-18(24-22(27)15-14-19-9-4-2-5-10-19)23(28)25-20-11-8-16-26(17-20)21-12-6-3-7-13-21/h2,4-5,9-10,14-15,18,20-21H,3,6-8,11-13,16-17H2,1H3,(H,24,27)(H,25,28)/b15-14+. The van der Waals surface area contributed by atoms with Gasteiger partial charge in [-0.2, -0.15) is 0 Å². The van der Waals surface area contributed by atoms with E-state index in [1.807, 2.05) is 30.3 Å². The topological polar surface area (TPSA) is 61.4 Å². The van der Waals surface area contributed by atoms with E-state index < -0.39 is 6.04 Å². The zero-order chi connectivity index (χ0) is 19.8. The van der Waals surface area contributed by atoms with Crippen molar-refractivity contribution in [2.75, 3.05) is 13.1 Å². The Labute approximate surface area is 168 Å². The van der Waals surface area contributed by atoms with Gasteiger partial charge >= 0.3 is 0 Å². The number of amides is 2. The zero-order valence-electron chi connectivity index (χ0n) is 16.9. The highest BCUT2D eigenvalue weighted by Crippen LogP contribution is 2.25. The third kappa shape index (κ3) is 6.20. The monoisotopic (exact) mass is 383 g/mol. The molecule has 2 aliphatic rings. The van der Waals surface area contributed by atoms with Crippen LogP contribution in [0.5, 0.6) is 0 Å². The molecule has 2 amide bonds. The highest BCUT2D eigenvalue weighted by Gasteiger charge is 2.28. The molecule has 0 spiro atoms. The van der Waals surface area contributed by atoms with Crippen LogP contribution in [0.3, 0.4) is 0 Å². The summed E-state index contributed by atoms with van der Waals surface area (Å²) in [5, 5.41) is 5.91. The Kier molecular flexibility index (Phi) is 7.66. The number of rotatable bonds is 6. The van der Waals surface area contributed by atoms with E-state index in [4.69, 9.17) is 0 Å². The molecule has 28 heavy (non-hydrogen) atoms. The van der Waals surface area contributed by atoms with Crippen molar-refractivity contribution in [3.8, 4) is 0 Å². The maximum Gasteiger partial charge on any atom is 0.244 e. The van der Waals surface area contributed by atoms with Crippen LogP contribution in [-0.4, -0.2) is 47.9 Å². The lowest BCUT2D eigenvalue weighted by molar-refractivity contribution is -0.127. The number of hydrogen-bond acceptors (Lipinski definition) is 3. The summed E-state index contributed by atoms with van der Waals surface area (Å²) in [5.74, 6) is -0.351. The number of carbonyl (C=O) groups excluding carboxylic acids is 2. The van der Waals surface area contributed by atoms with Gasteiger partial charge in [0.1, 0.15) is 6.04 Å². The fourth-order valence-electron chi connectivity index (χ4n) is 4.29. The van der Waals surface area contributed by atoms with Crippen molar-refractivity contribution in [1.29, 1.82) is 0 Å². The molecule has 3 rings (SSSR count).